The van der Waals surface area contributed by atoms with Gasteiger partial charge < -0.3 is 15.4 Å². The lowest BCUT2D eigenvalue weighted by molar-refractivity contribution is -0.384. The van der Waals surface area contributed by atoms with Crippen molar-refractivity contribution < 1.29 is 14.5 Å². The van der Waals surface area contributed by atoms with E-state index in [4.69, 9.17) is 17.0 Å². The van der Waals surface area contributed by atoms with E-state index in [1.54, 1.807) is 73.7 Å². The first-order valence-corrected chi connectivity index (χ1v) is 9.58. The summed E-state index contributed by atoms with van der Waals surface area (Å²) in [4.78, 5) is 22.5. The van der Waals surface area contributed by atoms with Crippen LogP contribution in [0.1, 0.15) is 17.3 Å². The predicted molar refractivity (Wildman–Crippen MR) is 121 cm³/mol. The number of thiocarbonyl (C=S) groups is 1. The summed E-state index contributed by atoms with van der Waals surface area (Å²) >= 11 is 5.32. The molecule has 0 aromatic heterocycles. The minimum absolute atomic E-state index is 0.0571. The number of nitro benzene ring substituents is 1. The van der Waals surface area contributed by atoms with Gasteiger partial charge in [0.15, 0.2) is 5.11 Å². The van der Waals surface area contributed by atoms with Crippen molar-refractivity contribution in [3.8, 4) is 11.1 Å². The molecule has 0 bridgehead atoms. The van der Waals surface area contributed by atoms with Gasteiger partial charge in [-0.3, -0.25) is 10.1 Å². The highest BCUT2D eigenvalue weighted by Crippen LogP contribution is 2.30. The normalized spacial score (nSPS) is 10.2. The van der Waals surface area contributed by atoms with Crippen LogP contribution < -0.4 is 10.6 Å². The van der Waals surface area contributed by atoms with Crippen LogP contribution in [0.25, 0.3) is 11.1 Å². The Balaban J connectivity index is 1.64. The Hall–Kier alpha value is -3.78. The minimum atomic E-state index is -0.395. The number of para-hydroxylation sites is 1. The van der Waals surface area contributed by atoms with Gasteiger partial charge in [0.2, 0.25) is 0 Å². The second-order valence-electron chi connectivity index (χ2n) is 6.23. The van der Waals surface area contributed by atoms with Gasteiger partial charge in [0, 0.05) is 17.4 Å². The van der Waals surface area contributed by atoms with E-state index in [2.05, 4.69) is 10.6 Å². The molecule has 0 atom stereocenters. The molecule has 152 valence electrons. The first kappa shape index (κ1) is 20.9. The highest BCUT2D eigenvalue weighted by molar-refractivity contribution is 7.80. The van der Waals surface area contributed by atoms with Crippen molar-refractivity contribution in [2.45, 2.75) is 6.92 Å². The van der Waals surface area contributed by atoms with Crippen molar-refractivity contribution in [1.29, 1.82) is 0 Å². The fourth-order valence-corrected chi connectivity index (χ4v) is 3.04. The lowest BCUT2D eigenvalue weighted by Gasteiger charge is -2.12. The Bertz CT molecular complexity index is 1070. The average molecular weight is 421 g/mol. The number of benzene rings is 3. The summed E-state index contributed by atoms with van der Waals surface area (Å²) in [7, 11) is 0. The summed E-state index contributed by atoms with van der Waals surface area (Å²) in [6.45, 7) is 2.08. The largest absolute Gasteiger partial charge is 0.462 e. The molecule has 30 heavy (non-hydrogen) atoms. The molecule has 0 spiro atoms. The fraction of sp³-hybridized carbons (Fsp3) is 0.0909. The van der Waals surface area contributed by atoms with E-state index in [0.29, 0.717) is 22.8 Å². The van der Waals surface area contributed by atoms with Gasteiger partial charge in [-0.2, -0.15) is 0 Å². The van der Waals surface area contributed by atoms with Gasteiger partial charge in [-0.15, -0.1) is 0 Å². The summed E-state index contributed by atoms with van der Waals surface area (Å²) in [5, 5.41) is 17.7. The molecule has 0 aliphatic rings. The van der Waals surface area contributed by atoms with Gasteiger partial charge in [0.05, 0.1) is 22.7 Å². The first-order chi connectivity index (χ1) is 14.5. The standard InChI is InChI=1S/C22H19N3O4S/c1-2-29-21(26)16-9-13-18(14-10-16)24-22(30)23-17-11-7-15(8-12-17)19-5-3-4-6-20(19)25(27)28/h3-14H,2H2,1H3,(H2,23,24,30). The Kier molecular flexibility index (Phi) is 6.71. The average Bonchev–Trinajstić information content (AvgIpc) is 2.75. The number of hydrogen-bond acceptors (Lipinski definition) is 5. The summed E-state index contributed by atoms with van der Waals surface area (Å²) in [5.41, 5.74) is 3.27. The molecule has 0 saturated heterocycles. The third kappa shape index (κ3) is 5.18. The quantitative estimate of drug-likeness (QED) is 0.243. The summed E-state index contributed by atoms with van der Waals surface area (Å²) in [6, 6.07) is 20.6. The van der Waals surface area contributed by atoms with E-state index in [-0.39, 0.29) is 11.7 Å². The zero-order chi connectivity index (χ0) is 21.5. The van der Waals surface area contributed by atoms with E-state index in [0.717, 1.165) is 16.9 Å². The van der Waals surface area contributed by atoms with Crippen LogP contribution >= 0.6 is 12.2 Å². The van der Waals surface area contributed by atoms with Crippen molar-refractivity contribution in [3.63, 3.8) is 0 Å². The molecule has 0 aliphatic carbocycles. The van der Waals surface area contributed by atoms with Crippen molar-refractivity contribution >= 4 is 40.4 Å². The molecule has 0 saturated carbocycles. The maximum atomic E-state index is 11.7. The van der Waals surface area contributed by atoms with Crippen molar-refractivity contribution in [2.75, 3.05) is 17.2 Å². The van der Waals surface area contributed by atoms with Crippen LogP contribution in [0.4, 0.5) is 17.1 Å². The van der Waals surface area contributed by atoms with Crippen molar-refractivity contribution in [1.82, 2.24) is 0 Å². The van der Waals surface area contributed by atoms with Crippen LogP contribution in [-0.2, 0) is 4.74 Å². The molecule has 0 amide bonds. The highest BCUT2D eigenvalue weighted by atomic mass is 32.1. The summed E-state index contributed by atoms with van der Waals surface area (Å²) in [5.74, 6) is -0.372. The highest BCUT2D eigenvalue weighted by Gasteiger charge is 2.14. The van der Waals surface area contributed by atoms with Crippen LogP contribution in [0, 0.1) is 10.1 Å². The number of carbonyl (C=O) groups is 1. The van der Waals surface area contributed by atoms with E-state index < -0.39 is 4.92 Å². The molecule has 8 heteroatoms. The molecule has 0 fully saturated rings. The minimum Gasteiger partial charge on any atom is -0.462 e. The number of nitro groups is 1. The second kappa shape index (κ2) is 9.62. The van der Waals surface area contributed by atoms with Crippen LogP contribution in [0.15, 0.2) is 72.8 Å². The van der Waals surface area contributed by atoms with E-state index >= 15 is 0 Å². The van der Waals surface area contributed by atoms with Crippen LogP contribution in [0.2, 0.25) is 0 Å². The molecule has 3 aromatic carbocycles. The Morgan fingerprint density at radius 3 is 2.10 bits per heavy atom. The topological polar surface area (TPSA) is 93.5 Å². The van der Waals surface area contributed by atoms with Crippen LogP contribution in [0.5, 0.6) is 0 Å². The van der Waals surface area contributed by atoms with Gasteiger partial charge in [0.1, 0.15) is 0 Å². The van der Waals surface area contributed by atoms with Gasteiger partial charge in [0.25, 0.3) is 5.69 Å². The van der Waals surface area contributed by atoms with E-state index in [1.807, 2.05) is 0 Å². The summed E-state index contributed by atoms with van der Waals surface area (Å²) in [6.07, 6.45) is 0. The monoisotopic (exact) mass is 421 g/mol. The van der Waals surface area contributed by atoms with Crippen molar-refractivity contribution in [3.05, 3.63) is 88.5 Å². The Morgan fingerprint density at radius 2 is 1.53 bits per heavy atom. The number of carbonyl (C=O) groups excluding carboxylic acids is 1. The molecule has 0 unspecified atom stereocenters. The third-order valence-electron chi connectivity index (χ3n) is 4.21. The van der Waals surface area contributed by atoms with E-state index in [1.165, 1.54) is 6.07 Å². The van der Waals surface area contributed by atoms with Crippen LogP contribution in [-0.4, -0.2) is 22.6 Å². The lowest BCUT2D eigenvalue weighted by Crippen LogP contribution is -2.19. The molecular weight excluding hydrogens is 402 g/mol. The lowest BCUT2D eigenvalue weighted by atomic mass is 10.0. The molecule has 7 nitrogen and oxygen atoms in total. The zero-order valence-electron chi connectivity index (χ0n) is 16.1. The van der Waals surface area contributed by atoms with Gasteiger partial charge in [-0.25, -0.2) is 4.79 Å². The number of rotatable bonds is 6. The van der Waals surface area contributed by atoms with Crippen molar-refractivity contribution in [2.24, 2.45) is 0 Å². The molecule has 0 heterocycles. The molecule has 0 radical (unpaired) electrons. The maximum absolute atomic E-state index is 11.7. The SMILES string of the molecule is CCOC(=O)c1ccc(NC(=S)Nc2ccc(-c3ccccc3[N+](=O)[O-])cc2)cc1. The molecule has 2 N–H and O–H groups in total. The molecule has 3 rings (SSSR count). The fourth-order valence-electron chi connectivity index (χ4n) is 2.81. The zero-order valence-corrected chi connectivity index (χ0v) is 16.9. The van der Waals surface area contributed by atoms with Crippen LogP contribution in [0.3, 0.4) is 0 Å². The van der Waals surface area contributed by atoms with E-state index in [9.17, 15) is 14.9 Å². The maximum Gasteiger partial charge on any atom is 0.338 e. The Morgan fingerprint density at radius 1 is 0.967 bits per heavy atom. The number of nitrogens with one attached hydrogen (secondary N) is 2. The first-order valence-electron chi connectivity index (χ1n) is 9.17. The van der Waals surface area contributed by atoms with Gasteiger partial charge >= 0.3 is 5.97 Å². The number of ether oxygens (including phenoxy) is 1. The Labute approximate surface area is 178 Å². The summed E-state index contributed by atoms with van der Waals surface area (Å²) < 4.78 is 4.96. The predicted octanol–water partition coefficient (Wildman–Crippen LogP) is 5.25. The number of anilines is 2. The third-order valence-corrected chi connectivity index (χ3v) is 4.41. The molecule has 0 aliphatic heterocycles. The smallest absolute Gasteiger partial charge is 0.338 e. The van der Waals surface area contributed by atoms with Gasteiger partial charge in [-0.1, -0.05) is 24.3 Å². The number of hydrogen-bond donors (Lipinski definition) is 2. The molecule has 3 aromatic rings. The molecular formula is C22H19N3O4S. The number of nitrogens with zero attached hydrogens (tertiary/aromatic N) is 1. The second-order valence-corrected chi connectivity index (χ2v) is 6.64. The number of esters is 1. The van der Waals surface area contributed by atoms with Gasteiger partial charge in [-0.05, 0) is 67.2 Å².